The van der Waals surface area contributed by atoms with E-state index in [0.29, 0.717) is 0 Å². The van der Waals surface area contributed by atoms with Crippen LogP contribution in [0.25, 0.3) is 70.6 Å². The molecule has 0 fully saturated rings. The third kappa shape index (κ3) is 3.15. The monoisotopic (exact) mass is 483 g/mol. The average Bonchev–Trinajstić information content (AvgIpc) is 3.01. The quantitative estimate of drug-likeness (QED) is 0.217. The van der Waals surface area contributed by atoms with Crippen molar-refractivity contribution < 1.29 is 0 Å². The Hall–Kier alpha value is -4.75. The second kappa shape index (κ2) is 8.39. The van der Waals surface area contributed by atoms with Gasteiger partial charge in [0, 0.05) is 12.4 Å². The number of hydrogen-bond donors (Lipinski definition) is 0. The van der Waals surface area contributed by atoms with E-state index in [0.717, 1.165) is 12.8 Å². The Labute approximate surface area is 221 Å². The summed E-state index contributed by atoms with van der Waals surface area (Å²) in [5.41, 5.74) is 5.08. The van der Waals surface area contributed by atoms with E-state index in [9.17, 15) is 0 Å². The Morgan fingerprint density at radius 3 is 1.55 bits per heavy atom. The van der Waals surface area contributed by atoms with Gasteiger partial charge in [0.1, 0.15) is 0 Å². The highest BCUT2D eigenvalue weighted by molar-refractivity contribution is 6.39. The summed E-state index contributed by atoms with van der Waals surface area (Å²) >= 11 is 0. The van der Waals surface area contributed by atoms with Gasteiger partial charge in [-0.3, -0.25) is 4.99 Å². The number of benzene rings is 7. The molecule has 0 spiro atoms. The van der Waals surface area contributed by atoms with E-state index in [2.05, 4.69) is 120 Å². The summed E-state index contributed by atoms with van der Waals surface area (Å²) in [5, 5.41) is 13.1. The van der Waals surface area contributed by atoms with Crippen molar-refractivity contribution in [2.45, 2.75) is 12.8 Å². The molecule has 0 saturated heterocycles. The van der Waals surface area contributed by atoms with Crippen molar-refractivity contribution in [2.75, 3.05) is 0 Å². The van der Waals surface area contributed by atoms with Gasteiger partial charge in [-0.15, -0.1) is 0 Å². The number of rotatable bonds is 2. The zero-order valence-corrected chi connectivity index (χ0v) is 21.0. The molecule has 0 unspecified atom stereocenters. The standard InChI is InChI=1S/C37H25N/c1-2-9-24(10-3-1)25-16-18-30-31-19-17-26(27-11-8-20-38-23-27)22-35(31)37-33-15-7-5-13-29(33)28-12-4-6-14-32(28)36(37)34(30)21-25/h1-7,9-10,12-23H,8,11H2. The highest BCUT2D eigenvalue weighted by atomic mass is 14.7. The first-order valence-electron chi connectivity index (χ1n) is 13.4. The molecule has 0 radical (unpaired) electrons. The Bertz CT molecular complexity index is 2110. The van der Waals surface area contributed by atoms with Crippen LogP contribution < -0.4 is 0 Å². The van der Waals surface area contributed by atoms with Gasteiger partial charge >= 0.3 is 0 Å². The molecule has 0 bridgehead atoms. The highest BCUT2D eigenvalue weighted by Gasteiger charge is 2.17. The zero-order chi connectivity index (χ0) is 25.1. The lowest BCUT2D eigenvalue weighted by atomic mass is 9.85. The molecule has 1 heterocycles. The number of nitrogens with zero attached hydrogens (tertiary/aromatic N) is 1. The molecule has 0 atom stereocenters. The van der Waals surface area contributed by atoms with E-state index in [-0.39, 0.29) is 0 Å². The molecule has 0 N–H and O–H groups in total. The lowest BCUT2D eigenvalue weighted by Gasteiger charge is -2.18. The number of aliphatic imine (C=N–C) groups is 1. The first-order chi connectivity index (χ1) is 18.9. The van der Waals surface area contributed by atoms with Gasteiger partial charge < -0.3 is 0 Å². The maximum absolute atomic E-state index is 4.47. The van der Waals surface area contributed by atoms with Crippen molar-refractivity contribution in [3.05, 3.63) is 127 Å². The summed E-state index contributed by atoms with van der Waals surface area (Å²) in [6.45, 7) is 0. The fourth-order valence-electron chi connectivity index (χ4n) is 6.40. The summed E-state index contributed by atoms with van der Waals surface area (Å²) in [5.74, 6) is 0. The van der Waals surface area contributed by atoms with Crippen LogP contribution in [0, 0.1) is 0 Å². The third-order valence-corrected chi connectivity index (χ3v) is 8.16. The summed E-state index contributed by atoms with van der Waals surface area (Å²) in [6.07, 6.45) is 6.08. The van der Waals surface area contributed by atoms with Gasteiger partial charge in [0.25, 0.3) is 0 Å². The molecule has 38 heavy (non-hydrogen) atoms. The van der Waals surface area contributed by atoms with Crippen LogP contribution >= 0.6 is 0 Å². The second-order valence-corrected chi connectivity index (χ2v) is 10.3. The zero-order valence-electron chi connectivity index (χ0n) is 21.0. The van der Waals surface area contributed by atoms with E-state index < -0.39 is 0 Å². The summed E-state index contributed by atoms with van der Waals surface area (Å²) < 4.78 is 0. The van der Waals surface area contributed by atoms with Crippen LogP contribution in [-0.4, -0.2) is 6.21 Å². The van der Waals surface area contributed by atoms with Gasteiger partial charge in [0.2, 0.25) is 0 Å². The van der Waals surface area contributed by atoms with Crippen LogP contribution in [0.3, 0.4) is 0 Å². The maximum Gasteiger partial charge on any atom is 0.0302 e. The number of fused-ring (bicyclic) bond motifs is 11. The van der Waals surface area contributed by atoms with Crippen LogP contribution in [0.2, 0.25) is 0 Å². The van der Waals surface area contributed by atoms with Gasteiger partial charge in [-0.25, -0.2) is 0 Å². The average molecular weight is 484 g/mol. The van der Waals surface area contributed by atoms with Crippen molar-refractivity contribution in [3.8, 4) is 11.1 Å². The van der Waals surface area contributed by atoms with Crippen molar-refractivity contribution in [1.82, 2.24) is 0 Å². The predicted octanol–water partition coefficient (Wildman–Crippen LogP) is 10.3. The molecule has 7 aromatic rings. The molecule has 1 heteroatoms. The van der Waals surface area contributed by atoms with Gasteiger partial charge in [0.15, 0.2) is 0 Å². The SMILES string of the molecule is C1=NC=C(c2ccc3c4ccc(-c5ccccc5)cc4c4c5ccccc5c5ccccc5c4c3c2)CC1. The molecule has 0 amide bonds. The second-order valence-electron chi connectivity index (χ2n) is 10.3. The minimum Gasteiger partial charge on any atom is -0.269 e. The Morgan fingerprint density at radius 2 is 0.947 bits per heavy atom. The Balaban J connectivity index is 1.62. The van der Waals surface area contributed by atoms with E-state index in [4.69, 9.17) is 0 Å². The van der Waals surface area contributed by atoms with E-state index in [1.54, 1.807) is 0 Å². The topological polar surface area (TPSA) is 12.4 Å². The molecule has 7 aromatic carbocycles. The fraction of sp³-hybridized carbons (Fsp3) is 0.0541. The minimum absolute atomic E-state index is 0.998. The van der Waals surface area contributed by atoms with Crippen LogP contribution in [0.4, 0.5) is 0 Å². The number of allylic oxidation sites excluding steroid dienone is 1. The van der Waals surface area contributed by atoms with Crippen LogP contribution in [-0.2, 0) is 0 Å². The molecule has 1 aliphatic heterocycles. The summed E-state index contributed by atoms with van der Waals surface area (Å²) in [4.78, 5) is 4.47. The molecule has 178 valence electrons. The first kappa shape index (κ1) is 21.3. The van der Waals surface area contributed by atoms with Crippen LogP contribution in [0.1, 0.15) is 18.4 Å². The van der Waals surface area contributed by atoms with Gasteiger partial charge in [0.05, 0.1) is 0 Å². The highest BCUT2D eigenvalue weighted by Crippen LogP contribution is 2.45. The van der Waals surface area contributed by atoms with Crippen molar-refractivity contribution in [2.24, 2.45) is 4.99 Å². The van der Waals surface area contributed by atoms with Gasteiger partial charge in [-0.2, -0.15) is 0 Å². The molecule has 1 nitrogen and oxygen atoms in total. The lowest BCUT2D eigenvalue weighted by Crippen LogP contribution is -1.93. The van der Waals surface area contributed by atoms with Crippen LogP contribution in [0.15, 0.2) is 126 Å². The van der Waals surface area contributed by atoms with Crippen molar-refractivity contribution >= 4 is 65.6 Å². The lowest BCUT2D eigenvalue weighted by molar-refractivity contribution is 1.10. The summed E-state index contributed by atoms with van der Waals surface area (Å²) in [7, 11) is 0. The van der Waals surface area contributed by atoms with E-state index in [1.165, 1.54) is 76.1 Å². The van der Waals surface area contributed by atoms with Crippen molar-refractivity contribution in [3.63, 3.8) is 0 Å². The summed E-state index contributed by atoms with van der Waals surface area (Å²) in [6, 6.07) is 42.6. The first-order valence-corrected chi connectivity index (χ1v) is 13.4. The third-order valence-electron chi connectivity index (χ3n) is 8.16. The number of hydrogen-bond acceptors (Lipinski definition) is 1. The van der Waals surface area contributed by atoms with Gasteiger partial charge in [-0.05, 0) is 101 Å². The van der Waals surface area contributed by atoms with E-state index >= 15 is 0 Å². The smallest absolute Gasteiger partial charge is 0.0302 e. The van der Waals surface area contributed by atoms with Crippen LogP contribution in [0.5, 0.6) is 0 Å². The van der Waals surface area contributed by atoms with E-state index in [1.807, 2.05) is 12.4 Å². The normalized spacial score (nSPS) is 13.6. The predicted molar refractivity (Wildman–Crippen MR) is 165 cm³/mol. The molecule has 1 aliphatic rings. The van der Waals surface area contributed by atoms with Gasteiger partial charge in [-0.1, -0.05) is 103 Å². The molecule has 0 saturated carbocycles. The molecular weight excluding hydrogens is 458 g/mol. The minimum atomic E-state index is 0.998. The Morgan fingerprint density at radius 1 is 0.421 bits per heavy atom. The van der Waals surface area contributed by atoms with Crippen molar-refractivity contribution in [1.29, 1.82) is 0 Å². The Kier molecular flexibility index (Phi) is 4.72. The largest absolute Gasteiger partial charge is 0.269 e. The maximum atomic E-state index is 4.47. The molecule has 8 rings (SSSR count). The molecular formula is C37H25N. The fourth-order valence-corrected chi connectivity index (χ4v) is 6.40. The molecule has 0 aliphatic carbocycles. The molecule has 0 aromatic heterocycles.